The molecule has 0 spiro atoms. The largest absolute Gasteiger partial charge is 0.354 e. The lowest BCUT2D eigenvalue weighted by Gasteiger charge is -2.39. The smallest absolute Gasteiger partial charge is 0.276 e. The summed E-state index contributed by atoms with van der Waals surface area (Å²) >= 11 is 6.28. The number of sulfonamides is 1. The molecular formula is C33H45ClF2N8O4S. The fourth-order valence-corrected chi connectivity index (χ4v) is 9.12. The minimum absolute atomic E-state index is 0.0580. The fraction of sp³-hybridized carbons (Fsp3) is 0.606. The third kappa shape index (κ3) is 7.71. The SMILES string of the molecule is NCCN1CCN(C(=O)C2CCC(C(F)(F)c3cc(Cl)nc(N4CCN(S(=O)(=O)c5ccc(N6C[C@H](N)CC6=O)cc5)CC4)c3)CC2)CC1. The molecule has 6 rings (SSSR count). The quantitative estimate of drug-likeness (QED) is 0.372. The Morgan fingerprint density at radius 3 is 2.20 bits per heavy atom. The number of alkyl halides is 2. The minimum Gasteiger partial charge on any atom is -0.354 e. The molecule has 2 amide bonds. The van der Waals surface area contributed by atoms with Gasteiger partial charge in [-0.3, -0.25) is 14.5 Å². The van der Waals surface area contributed by atoms with Crippen molar-refractivity contribution in [3.05, 3.63) is 47.1 Å². The first kappa shape index (κ1) is 35.9. The molecular weight excluding hydrogens is 678 g/mol. The number of halogens is 3. The van der Waals surface area contributed by atoms with Gasteiger partial charge in [0.1, 0.15) is 11.0 Å². The molecule has 4 fully saturated rings. The first-order chi connectivity index (χ1) is 23.4. The van der Waals surface area contributed by atoms with E-state index in [4.69, 9.17) is 23.1 Å². The van der Waals surface area contributed by atoms with Crippen LogP contribution in [-0.2, 0) is 25.5 Å². The molecule has 3 saturated heterocycles. The highest BCUT2D eigenvalue weighted by Crippen LogP contribution is 2.46. The number of benzene rings is 1. The summed E-state index contributed by atoms with van der Waals surface area (Å²) in [6.45, 7) is 5.33. The van der Waals surface area contributed by atoms with Gasteiger partial charge in [-0.15, -0.1) is 0 Å². The Kier molecular flexibility index (Phi) is 10.8. The summed E-state index contributed by atoms with van der Waals surface area (Å²) in [4.78, 5) is 37.2. The summed E-state index contributed by atoms with van der Waals surface area (Å²) in [5.41, 5.74) is 11.9. The molecule has 0 bridgehead atoms. The molecule has 3 aliphatic heterocycles. The summed E-state index contributed by atoms with van der Waals surface area (Å²) < 4.78 is 60.2. The van der Waals surface area contributed by atoms with E-state index in [2.05, 4.69) is 9.88 Å². The molecule has 0 radical (unpaired) electrons. The molecule has 4 N–H and O–H groups in total. The molecule has 49 heavy (non-hydrogen) atoms. The molecule has 1 aromatic carbocycles. The van der Waals surface area contributed by atoms with Crippen molar-refractivity contribution in [3.8, 4) is 0 Å². The topological polar surface area (TPSA) is 149 Å². The number of nitrogens with two attached hydrogens (primary N) is 2. The van der Waals surface area contributed by atoms with E-state index >= 15 is 8.78 Å². The van der Waals surface area contributed by atoms with Gasteiger partial charge >= 0.3 is 0 Å². The molecule has 1 saturated carbocycles. The Morgan fingerprint density at radius 1 is 0.959 bits per heavy atom. The van der Waals surface area contributed by atoms with Crippen molar-refractivity contribution in [3.63, 3.8) is 0 Å². The Morgan fingerprint density at radius 2 is 1.61 bits per heavy atom. The monoisotopic (exact) mass is 722 g/mol. The van der Waals surface area contributed by atoms with Crippen LogP contribution >= 0.6 is 11.6 Å². The number of rotatable bonds is 9. The molecule has 2 aromatic rings. The molecule has 1 aliphatic carbocycles. The average Bonchev–Trinajstić information content (AvgIpc) is 3.45. The molecule has 16 heteroatoms. The van der Waals surface area contributed by atoms with Gasteiger partial charge in [0.2, 0.25) is 21.8 Å². The van der Waals surface area contributed by atoms with Crippen LogP contribution in [0, 0.1) is 11.8 Å². The van der Waals surface area contributed by atoms with Gasteiger partial charge in [0, 0.05) is 108 Å². The maximum absolute atomic E-state index is 16.0. The zero-order chi connectivity index (χ0) is 34.9. The van der Waals surface area contributed by atoms with Gasteiger partial charge in [-0.1, -0.05) is 11.6 Å². The number of anilines is 2. The first-order valence-corrected chi connectivity index (χ1v) is 18.9. The summed E-state index contributed by atoms with van der Waals surface area (Å²) in [5.74, 6) is -4.12. The second kappa shape index (κ2) is 14.7. The summed E-state index contributed by atoms with van der Waals surface area (Å²) in [6.07, 6.45) is 1.54. The van der Waals surface area contributed by atoms with Crippen LogP contribution < -0.4 is 21.3 Å². The van der Waals surface area contributed by atoms with Crippen molar-refractivity contribution in [1.82, 2.24) is 19.1 Å². The molecule has 4 heterocycles. The summed E-state index contributed by atoms with van der Waals surface area (Å²) in [7, 11) is -3.83. The van der Waals surface area contributed by atoms with Crippen molar-refractivity contribution < 1.29 is 26.8 Å². The zero-order valence-electron chi connectivity index (χ0n) is 27.5. The van der Waals surface area contributed by atoms with Crippen LogP contribution in [0.2, 0.25) is 5.15 Å². The Labute approximate surface area is 291 Å². The zero-order valence-corrected chi connectivity index (χ0v) is 29.1. The predicted octanol–water partition coefficient (Wildman–Crippen LogP) is 2.31. The van der Waals surface area contributed by atoms with E-state index < -0.39 is 21.9 Å². The van der Waals surface area contributed by atoms with E-state index in [1.54, 1.807) is 21.9 Å². The second-order valence-electron chi connectivity index (χ2n) is 13.5. The molecule has 1 aromatic heterocycles. The highest BCUT2D eigenvalue weighted by Gasteiger charge is 2.45. The van der Waals surface area contributed by atoms with Crippen LogP contribution in [-0.4, -0.2) is 117 Å². The summed E-state index contributed by atoms with van der Waals surface area (Å²) in [6, 6.07) is 8.49. The van der Waals surface area contributed by atoms with E-state index in [-0.39, 0.29) is 90.6 Å². The number of hydrogen-bond donors (Lipinski definition) is 2. The van der Waals surface area contributed by atoms with E-state index in [1.165, 1.54) is 28.6 Å². The predicted molar refractivity (Wildman–Crippen MR) is 183 cm³/mol. The van der Waals surface area contributed by atoms with Gasteiger partial charge in [0.05, 0.1) is 4.90 Å². The number of aromatic nitrogens is 1. The van der Waals surface area contributed by atoms with E-state index in [0.717, 1.165) is 19.6 Å². The van der Waals surface area contributed by atoms with Gasteiger partial charge in [-0.2, -0.15) is 4.31 Å². The normalized spacial score (nSPS) is 24.9. The minimum atomic E-state index is -3.83. The Balaban J connectivity index is 1.05. The molecule has 268 valence electrons. The molecule has 12 nitrogen and oxygen atoms in total. The van der Waals surface area contributed by atoms with Gasteiger partial charge in [0.15, 0.2) is 0 Å². The second-order valence-corrected chi connectivity index (χ2v) is 15.8. The lowest BCUT2D eigenvalue weighted by Crippen LogP contribution is -2.51. The number of carbonyl (C=O) groups excluding carboxylic acids is 2. The van der Waals surface area contributed by atoms with Crippen molar-refractivity contribution >= 4 is 44.9 Å². The standard InChI is InChI=1S/C33H45ClF2N8O4S/c34-29-19-25(33(35,36)24-3-1-23(2-4-24)32(46)42-13-11-40(10-9-37)12-14-42)20-30(39-29)41-15-17-43(18-16-41)49(47,48)28-7-5-27(6-8-28)44-22-26(38)21-31(44)45/h5-8,19-20,23-24,26H,1-4,9-18,21-22,37-38H2/t23?,24?,26-/m1/s1. The highest BCUT2D eigenvalue weighted by molar-refractivity contribution is 7.89. The Hall–Kier alpha value is -2.95. The molecule has 4 aliphatic rings. The average molecular weight is 723 g/mol. The van der Waals surface area contributed by atoms with E-state index in [0.29, 0.717) is 44.7 Å². The maximum atomic E-state index is 16.0. The van der Waals surface area contributed by atoms with Crippen LogP contribution in [0.15, 0.2) is 41.3 Å². The number of hydrogen-bond acceptors (Lipinski definition) is 9. The maximum Gasteiger partial charge on any atom is 0.276 e. The lowest BCUT2D eigenvalue weighted by atomic mass is 9.77. The van der Waals surface area contributed by atoms with Gasteiger partial charge in [-0.05, 0) is 62.1 Å². The van der Waals surface area contributed by atoms with E-state index in [9.17, 15) is 18.0 Å². The number of carbonyl (C=O) groups is 2. The highest BCUT2D eigenvalue weighted by atomic mass is 35.5. The van der Waals surface area contributed by atoms with Crippen molar-refractivity contribution in [2.45, 2.75) is 49.0 Å². The number of amides is 2. The van der Waals surface area contributed by atoms with E-state index in [1.807, 2.05) is 4.90 Å². The lowest BCUT2D eigenvalue weighted by molar-refractivity contribution is -0.141. The summed E-state index contributed by atoms with van der Waals surface area (Å²) in [5, 5.41) is -0.0580. The number of nitrogens with zero attached hydrogens (tertiary/aromatic N) is 6. The number of piperazine rings is 2. The first-order valence-electron chi connectivity index (χ1n) is 17.0. The molecule has 0 unspecified atom stereocenters. The van der Waals surface area contributed by atoms with Crippen molar-refractivity contribution in [1.29, 1.82) is 0 Å². The van der Waals surface area contributed by atoms with Gasteiger partial charge in [0.25, 0.3) is 5.92 Å². The third-order valence-electron chi connectivity index (χ3n) is 10.4. The van der Waals surface area contributed by atoms with Gasteiger partial charge in [-0.25, -0.2) is 22.2 Å². The van der Waals surface area contributed by atoms with Crippen LogP contribution in [0.1, 0.15) is 37.7 Å². The van der Waals surface area contributed by atoms with Crippen molar-refractivity contribution in [2.75, 3.05) is 81.8 Å². The van der Waals surface area contributed by atoms with Crippen molar-refractivity contribution in [2.24, 2.45) is 23.3 Å². The fourth-order valence-electron chi connectivity index (χ4n) is 7.50. The van der Waals surface area contributed by atoms with Crippen LogP contribution in [0.3, 0.4) is 0 Å². The molecule has 1 atom stereocenters. The Bertz CT molecular complexity index is 1610. The number of pyridine rings is 1. The van der Waals surface area contributed by atoms with Crippen LogP contribution in [0.25, 0.3) is 0 Å². The van der Waals surface area contributed by atoms with Crippen LogP contribution in [0.5, 0.6) is 0 Å². The third-order valence-corrected chi connectivity index (χ3v) is 12.5. The van der Waals surface area contributed by atoms with Gasteiger partial charge < -0.3 is 26.2 Å². The van der Waals surface area contributed by atoms with Crippen LogP contribution in [0.4, 0.5) is 20.3 Å².